The van der Waals surface area contributed by atoms with Crippen molar-refractivity contribution in [3.63, 3.8) is 0 Å². The number of nitrogens with zero attached hydrogens (tertiary/aromatic N) is 2. The highest BCUT2D eigenvalue weighted by Gasteiger charge is 2.61. The van der Waals surface area contributed by atoms with Crippen molar-refractivity contribution in [3.8, 4) is 0 Å². The molecule has 0 aromatic carbocycles. The molecule has 2 amide bonds. The van der Waals surface area contributed by atoms with Gasteiger partial charge in [0.05, 0.1) is 0 Å². The topological polar surface area (TPSA) is 62.3 Å². The highest BCUT2D eigenvalue weighted by atomic mass is 16.2. The Morgan fingerprint density at radius 3 is 2.62 bits per heavy atom. The highest BCUT2D eigenvalue weighted by molar-refractivity contribution is 5.92. The largest absolute Gasteiger partial charge is 0.319 e. The SMILES string of the molecule is CC1=C2N(C)C(=O)CC[C@]2(C)[C@H]2CC[C@]3(C)[C@@H](C(=O)Nc4ccc(C)cn4)CC[C@H]3[C@@H]2C1. The highest BCUT2D eigenvalue weighted by Crippen LogP contribution is 2.66. The molecule has 4 aliphatic rings. The molecule has 0 spiro atoms. The van der Waals surface area contributed by atoms with Gasteiger partial charge < -0.3 is 10.2 Å². The average molecular weight is 436 g/mol. The van der Waals surface area contributed by atoms with Crippen LogP contribution in [0.2, 0.25) is 0 Å². The number of hydrogen-bond donors (Lipinski definition) is 1. The van der Waals surface area contributed by atoms with Crippen LogP contribution in [0.4, 0.5) is 5.82 Å². The van der Waals surface area contributed by atoms with Crippen LogP contribution in [0.1, 0.15) is 71.3 Å². The lowest BCUT2D eigenvalue weighted by atomic mass is 9.48. The molecule has 5 rings (SSSR count). The number of rotatable bonds is 2. The third kappa shape index (κ3) is 3.07. The van der Waals surface area contributed by atoms with Gasteiger partial charge >= 0.3 is 0 Å². The van der Waals surface area contributed by atoms with Crippen molar-refractivity contribution in [2.75, 3.05) is 12.4 Å². The van der Waals surface area contributed by atoms with E-state index in [1.165, 1.54) is 11.3 Å². The van der Waals surface area contributed by atoms with Crippen molar-refractivity contribution < 1.29 is 9.59 Å². The molecule has 32 heavy (non-hydrogen) atoms. The zero-order chi connectivity index (χ0) is 22.8. The van der Waals surface area contributed by atoms with Crippen LogP contribution >= 0.6 is 0 Å². The number of likely N-dealkylation sites (tertiary alicyclic amines) is 1. The number of allylic oxidation sites excluding steroid dienone is 2. The standard InChI is InChI=1S/C27H37N3O2/c1-16-6-9-22(28-15-16)29-25(32)21-8-7-19-18-14-17(2)24-27(4,13-11-23(31)30(24)5)20(18)10-12-26(19,21)3/h6,9,15,18-21H,7-8,10-14H2,1-5H3,(H,28,29,32)/t18-,19-,20-,21+,26-,27+/m0/s1. The van der Waals surface area contributed by atoms with Gasteiger partial charge in [-0.05, 0) is 87.2 Å². The molecule has 1 saturated heterocycles. The fourth-order valence-electron chi connectivity index (χ4n) is 8.29. The van der Waals surface area contributed by atoms with E-state index in [1.807, 2.05) is 31.0 Å². The first-order chi connectivity index (χ1) is 15.1. The van der Waals surface area contributed by atoms with Gasteiger partial charge in [-0.1, -0.05) is 25.5 Å². The number of fused-ring (bicyclic) bond motifs is 5. The fraction of sp³-hybridized carbons (Fsp3) is 0.667. The first-order valence-electron chi connectivity index (χ1n) is 12.4. The Morgan fingerprint density at radius 1 is 1.12 bits per heavy atom. The van der Waals surface area contributed by atoms with Gasteiger partial charge in [0.1, 0.15) is 5.82 Å². The monoisotopic (exact) mass is 435 g/mol. The second-order valence-electron chi connectivity index (χ2n) is 11.5. The van der Waals surface area contributed by atoms with E-state index < -0.39 is 0 Å². The molecule has 1 aliphatic heterocycles. The van der Waals surface area contributed by atoms with Gasteiger partial charge in [0.25, 0.3) is 0 Å². The molecule has 1 N–H and O–H groups in total. The third-order valence-corrected chi connectivity index (χ3v) is 9.79. The Bertz CT molecular complexity index is 983. The number of pyridine rings is 1. The van der Waals surface area contributed by atoms with Crippen molar-refractivity contribution >= 4 is 17.6 Å². The van der Waals surface area contributed by atoms with Crippen molar-refractivity contribution in [2.45, 2.75) is 72.6 Å². The van der Waals surface area contributed by atoms with Gasteiger partial charge in [0.2, 0.25) is 11.8 Å². The van der Waals surface area contributed by atoms with Gasteiger partial charge in [-0.3, -0.25) is 9.59 Å². The molecule has 0 bridgehead atoms. The number of aryl methyl sites for hydroxylation is 1. The second kappa shape index (κ2) is 7.43. The lowest BCUT2D eigenvalue weighted by molar-refractivity contribution is -0.137. The molecule has 2 heterocycles. The number of nitrogens with one attached hydrogen (secondary N) is 1. The summed E-state index contributed by atoms with van der Waals surface area (Å²) in [5.74, 6) is 2.89. The Balaban J connectivity index is 1.41. The molecule has 5 nitrogen and oxygen atoms in total. The van der Waals surface area contributed by atoms with Gasteiger partial charge in [-0.15, -0.1) is 0 Å². The van der Waals surface area contributed by atoms with Gasteiger partial charge in [0.15, 0.2) is 0 Å². The maximum Gasteiger partial charge on any atom is 0.229 e. The number of piperidine rings is 1. The summed E-state index contributed by atoms with van der Waals surface area (Å²) in [6.45, 7) is 9.04. The summed E-state index contributed by atoms with van der Waals surface area (Å²) in [4.78, 5) is 32.2. The van der Waals surface area contributed by atoms with E-state index in [0.29, 0.717) is 30.0 Å². The first-order valence-corrected chi connectivity index (χ1v) is 12.4. The van der Waals surface area contributed by atoms with Crippen LogP contribution in [0.5, 0.6) is 0 Å². The first kappa shape index (κ1) is 21.7. The lowest BCUT2D eigenvalue weighted by Gasteiger charge is -2.59. The number of carbonyl (C=O) groups excluding carboxylic acids is 2. The minimum absolute atomic E-state index is 0.0421. The lowest BCUT2D eigenvalue weighted by Crippen LogP contribution is -2.54. The molecule has 1 aromatic heterocycles. The van der Waals surface area contributed by atoms with Crippen molar-refractivity contribution in [3.05, 3.63) is 35.2 Å². The normalized spacial score (nSPS) is 38.8. The van der Waals surface area contributed by atoms with Gasteiger partial charge in [0, 0.05) is 36.7 Å². The molecular formula is C27H37N3O2. The summed E-state index contributed by atoms with van der Waals surface area (Å²) in [5, 5.41) is 3.11. The van der Waals surface area contributed by atoms with Crippen LogP contribution < -0.4 is 5.32 Å². The molecule has 3 fully saturated rings. The molecule has 0 radical (unpaired) electrons. The zero-order valence-electron chi connectivity index (χ0n) is 20.2. The minimum Gasteiger partial charge on any atom is -0.319 e. The average Bonchev–Trinajstić information content (AvgIpc) is 3.10. The van der Waals surface area contributed by atoms with E-state index in [1.54, 1.807) is 6.20 Å². The summed E-state index contributed by atoms with van der Waals surface area (Å²) < 4.78 is 0. The van der Waals surface area contributed by atoms with Crippen LogP contribution in [-0.4, -0.2) is 28.7 Å². The molecule has 2 saturated carbocycles. The van der Waals surface area contributed by atoms with Crippen molar-refractivity contribution in [1.82, 2.24) is 9.88 Å². The number of anilines is 1. The van der Waals surface area contributed by atoms with Crippen LogP contribution in [0.25, 0.3) is 0 Å². The summed E-state index contributed by atoms with van der Waals surface area (Å²) in [7, 11) is 1.97. The van der Waals surface area contributed by atoms with E-state index >= 15 is 0 Å². The maximum atomic E-state index is 13.3. The van der Waals surface area contributed by atoms with Crippen LogP contribution in [0.15, 0.2) is 29.6 Å². The number of amides is 2. The van der Waals surface area contributed by atoms with Crippen molar-refractivity contribution in [1.29, 1.82) is 0 Å². The number of hydrogen-bond acceptors (Lipinski definition) is 3. The van der Waals surface area contributed by atoms with Crippen LogP contribution in [-0.2, 0) is 9.59 Å². The molecular weight excluding hydrogens is 398 g/mol. The minimum atomic E-state index is 0.0421. The summed E-state index contributed by atoms with van der Waals surface area (Å²) in [5.41, 5.74) is 3.92. The smallest absolute Gasteiger partial charge is 0.229 e. The second-order valence-corrected chi connectivity index (χ2v) is 11.5. The Hall–Kier alpha value is -2.17. The van der Waals surface area contributed by atoms with Crippen LogP contribution in [0, 0.1) is 41.4 Å². The molecule has 5 heteroatoms. The molecule has 6 atom stereocenters. The Labute approximate surface area is 192 Å². The summed E-state index contributed by atoms with van der Waals surface area (Å²) >= 11 is 0. The summed E-state index contributed by atoms with van der Waals surface area (Å²) in [6.07, 6.45) is 8.84. The summed E-state index contributed by atoms with van der Waals surface area (Å²) in [6, 6.07) is 3.89. The Kier molecular flexibility index (Phi) is 5.03. The predicted octanol–water partition coefficient (Wildman–Crippen LogP) is 5.32. The molecule has 172 valence electrons. The molecule has 1 aromatic rings. The molecule has 0 unspecified atom stereocenters. The quantitative estimate of drug-likeness (QED) is 0.683. The van der Waals surface area contributed by atoms with E-state index in [2.05, 4.69) is 31.1 Å². The zero-order valence-corrected chi connectivity index (χ0v) is 20.2. The fourth-order valence-corrected chi connectivity index (χ4v) is 8.29. The predicted molar refractivity (Wildman–Crippen MR) is 126 cm³/mol. The van der Waals surface area contributed by atoms with E-state index in [9.17, 15) is 9.59 Å². The van der Waals surface area contributed by atoms with Crippen molar-refractivity contribution in [2.24, 2.45) is 34.5 Å². The maximum absolute atomic E-state index is 13.3. The van der Waals surface area contributed by atoms with Gasteiger partial charge in [-0.25, -0.2) is 4.98 Å². The van der Waals surface area contributed by atoms with E-state index in [4.69, 9.17) is 0 Å². The van der Waals surface area contributed by atoms with E-state index in [-0.39, 0.29) is 28.6 Å². The van der Waals surface area contributed by atoms with E-state index in [0.717, 1.165) is 44.1 Å². The Morgan fingerprint density at radius 2 is 1.91 bits per heavy atom. The van der Waals surface area contributed by atoms with Crippen LogP contribution in [0.3, 0.4) is 0 Å². The third-order valence-electron chi connectivity index (χ3n) is 9.79. The number of carbonyl (C=O) groups is 2. The molecule has 3 aliphatic carbocycles. The van der Waals surface area contributed by atoms with Gasteiger partial charge in [-0.2, -0.15) is 0 Å². The number of aromatic nitrogens is 1.